The summed E-state index contributed by atoms with van der Waals surface area (Å²) in [5.74, 6) is 0.591. The van der Waals surface area contributed by atoms with Crippen LogP contribution < -0.4 is 0 Å². The zero-order valence-corrected chi connectivity index (χ0v) is 13.2. The van der Waals surface area contributed by atoms with E-state index in [0.29, 0.717) is 12.4 Å². The molecular formula is C5H10BrNaO2PS2. The average Bonchev–Trinajstić information content (AvgIpc) is 1.84. The van der Waals surface area contributed by atoms with Gasteiger partial charge in [-0.05, 0) is 23.2 Å². The molecule has 67 valence electrons. The molecule has 0 amide bonds. The van der Waals surface area contributed by atoms with Gasteiger partial charge in [-0.25, -0.2) is 0 Å². The predicted octanol–water partition coefficient (Wildman–Crippen LogP) is 2.50. The van der Waals surface area contributed by atoms with Gasteiger partial charge in [-0.1, -0.05) is 33.9 Å². The third-order valence-corrected chi connectivity index (χ3v) is 5.66. The molecule has 0 spiro atoms. The molecule has 0 fully saturated rings. The smallest absolute Gasteiger partial charge is 0.245 e. The number of hydrogen-bond acceptors (Lipinski definition) is 3. The van der Waals surface area contributed by atoms with Crippen molar-refractivity contribution < 1.29 is 9.42 Å². The van der Waals surface area contributed by atoms with E-state index in [0.717, 1.165) is 4.48 Å². The quantitative estimate of drug-likeness (QED) is 0.624. The van der Waals surface area contributed by atoms with Gasteiger partial charge in [0.25, 0.3) is 0 Å². The fraction of sp³-hybridized carbons (Fsp3) is 0.600. The fourth-order valence-electron chi connectivity index (χ4n) is 0.352. The van der Waals surface area contributed by atoms with E-state index >= 15 is 0 Å². The third-order valence-electron chi connectivity index (χ3n) is 0.677. The Hall–Kier alpha value is 2.14. The maximum atomic E-state index is 9.37. The van der Waals surface area contributed by atoms with E-state index in [4.69, 9.17) is 16.3 Å². The molecule has 0 aromatic carbocycles. The molecule has 1 atom stereocenters. The molecule has 1 unspecified atom stereocenters. The first-order valence-corrected chi connectivity index (χ1v) is 7.98. The van der Waals surface area contributed by atoms with E-state index in [-0.39, 0.29) is 29.6 Å². The Morgan fingerprint density at radius 3 is 2.67 bits per heavy atom. The minimum absolute atomic E-state index is 0. The number of halogens is 1. The second-order valence-corrected chi connectivity index (χ2v) is 8.98. The molecule has 7 heteroatoms. The van der Waals surface area contributed by atoms with Crippen LogP contribution in [0.1, 0.15) is 6.92 Å². The van der Waals surface area contributed by atoms with Gasteiger partial charge in [0.2, 0.25) is 5.69 Å². The van der Waals surface area contributed by atoms with E-state index in [1.165, 1.54) is 11.4 Å². The molecule has 0 saturated heterocycles. The van der Waals surface area contributed by atoms with Crippen molar-refractivity contribution in [3.05, 3.63) is 11.1 Å². The Bertz CT molecular complexity index is 190. The summed E-state index contributed by atoms with van der Waals surface area (Å²) in [7, 11) is 0. The van der Waals surface area contributed by atoms with Crippen LogP contribution in [0, 0.1) is 0 Å². The van der Waals surface area contributed by atoms with E-state index < -0.39 is 5.69 Å². The first-order chi connectivity index (χ1) is 4.98. The minimum Gasteiger partial charge on any atom is -0.337 e. The zero-order chi connectivity index (χ0) is 8.91. The molecule has 1 radical (unpaired) electrons. The van der Waals surface area contributed by atoms with Crippen molar-refractivity contribution in [2.24, 2.45) is 0 Å². The second-order valence-electron chi connectivity index (χ2n) is 1.68. The van der Waals surface area contributed by atoms with Crippen LogP contribution in [0.2, 0.25) is 0 Å². The summed E-state index contributed by atoms with van der Waals surface area (Å²) in [5, 5.41) is 0. The van der Waals surface area contributed by atoms with Crippen molar-refractivity contribution in [1.82, 2.24) is 0 Å². The molecular weight excluding hydrogens is 290 g/mol. The summed E-state index contributed by atoms with van der Waals surface area (Å²) < 4.78 is 5.77. The van der Waals surface area contributed by atoms with Crippen LogP contribution in [0.4, 0.5) is 0 Å². The standard InChI is InChI=1S/C5H10BrO2PS2.Na/c1-3-8-9(7,10)11-4-5(2)6;/h2-4H2,1H3,(H,7,10);. The molecule has 0 heterocycles. The van der Waals surface area contributed by atoms with Crippen LogP contribution in [-0.2, 0) is 16.3 Å². The summed E-state index contributed by atoms with van der Waals surface area (Å²) in [6.45, 7) is 5.88. The van der Waals surface area contributed by atoms with E-state index in [1.807, 2.05) is 0 Å². The van der Waals surface area contributed by atoms with E-state index in [9.17, 15) is 4.89 Å². The van der Waals surface area contributed by atoms with Crippen LogP contribution in [0.15, 0.2) is 11.1 Å². The minimum atomic E-state index is -2.59. The summed E-state index contributed by atoms with van der Waals surface area (Å²) >= 11 is 9.20. The van der Waals surface area contributed by atoms with Gasteiger partial charge in [-0.15, -0.1) is 0 Å². The topological polar surface area (TPSA) is 29.5 Å². The van der Waals surface area contributed by atoms with Crippen molar-refractivity contribution >= 4 is 74.4 Å². The number of rotatable bonds is 5. The Kier molecular flexibility index (Phi) is 11.7. The van der Waals surface area contributed by atoms with Crippen LogP contribution in [-0.4, -0.2) is 46.8 Å². The van der Waals surface area contributed by atoms with Gasteiger partial charge in [0.15, 0.2) is 0 Å². The molecule has 0 aliphatic carbocycles. The summed E-state index contributed by atoms with van der Waals surface area (Å²) in [5.41, 5.74) is -2.59. The first-order valence-electron chi connectivity index (χ1n) is 2.93. The Labute approximate surface area is 113 Å². The van der Waals surface area contributed by atoms with Gasteiger partial charge >= 0.3 is 0 Å². The predicted molar refractivity (Wildman–Crippen MR) is 64.4 cm³/mol. The number of hydrogen-bond donors (Lipinski definition) is 1. The van der Waals surface area contributed by atoms with Crippen LogP contribution in [0.25, 0.3) is 0 Å². The van der Waals surface area contributed by atoms with E-state index in [1.54, 1.807) is 6.92 Å². The van der Waals surface area contributed by atoms with Gasteiger partial charge in [0.05, 0.1) is 6.61 Å². The largest absolute Gasteiger partial charge is 0.337 e. The molecule has 2 nitrogen and oxygen atoms in total. The van der Waals surface area contributed by atoms with Gasteiger partial charge in [0, 0.05) is 35.3 Å². The zero-order valence-electron chi connectivity index (χ0n) is 7.12. The van der Waals surface area contributed by atoms with E-state index in [2.05, 4.69) is 22.5 Å². The van der Waals surface area contributed by atoms with Gasteiger partial charge in [-0.3, -0.25) is 0 Å². The molecule has 0 aliphatic heterocycles. The van der Waals surface area contributed by atoms with Crippen LogP contribution in [0.3, 0.4) is 0 Å². The fourth-order valence-corrected chi connectivity index (χ4v) is 4.22. The van der Waals surface area contributed by atoms with Crippen LogP contribution >= 0.6 is 33.0 Å². The maximum absolute atomic E-state index is 9.37. The summed E-state index contributed by atoms with van der Waals surface area (Å²) in [6.07, 6.45) is 0. The SMILES string of the molecule is C=C(Br)CSP(O)(=S)OCC.[Na]. The molecule has 0 aliphatic rings. The molecule has 0 aromatic heterocycles. The van der Waals surface area contributed by atoms with Crippen molar-refractivity contribution in [3.63, 3.8) is 0 Å². The molecule has 1 N–H and O–H groups in total. The Morgan fingerprint density at radius 1 is 1.83 bits per heavy atom. The molecule has 0 aromatic rings. The van der Waals surface area contributed by atoms with Gasteiger partial charge < -0.3 is 9.42 Å². The van der Waals surface area contributed by atoms with Crippen molar-refractivity contribution in [3.8, 4) is 0 Å². The Morgan fingerprint density at radius 2 is 2.33 bits per heavy atom. The van der Waals surface area contributed by atoms with Gasteiger partial charge in [-0.2, -0.15) is 0 Å². The summed E-state index contributed by atoms with van der Waals surface area (Å²) in [6, 6.07) is 0. The van der Waals surface area contributed by atoms with Crippen molar-refractivity contribution in [2.75, 3.05) is 12.4 Å². The third kappa shape index (κ3) is 10.2. The normalized spacial score (nSPS) is 14.6. The second kappa shape index (κ2) is 8.45. The summed E-state index contributed by atoms with van der Waals surface area (Å²) in [4.78, 5) is 9.37. The first kappa shape index (κ1) is 16.6. The van der Waals surface area contributed by atoms with Crippen molar-refractivity contribution in [1.29, 1.82) is 0 Å². The van der Waals surface area contributed by atoms with Crippen LogP contribution in [0.5, 0.6) is 0 Å². The average molecular weight is 300 g/mol. The van der Waals surface area contributed by atoms with Crippen molar-refractivity contribution in [2.45, 2.75) is 6.92 Å². The molecule has 0 rings (SSSR count). The van der Waals surface area contributed by atoms with Gasteiger partial charge in [0.1, 0.15) is 0 Å². The molecule has 0 saturated carbocycles. The molecule has 0 bridgehead atoms. The molecule has 12 heavy (non-hydrogen) atoms. The maximum Gasteiger partial charge on any atom is 0.245 e. The Balaban J connectivity index is 0. The monoisotopic (exact) mass is 299 g/mol.